The van der Waals surface area contributed by atoms with Gasteiger partial charge in [-0.3, -0.25) is 19.3 Å². The molecule has 0 aliphatic carbocycles. The van der Waals surface area contributed by atoms with Crippen LogP contribution in [0.15, 0.2) is 41.6 Å². The van der Waals surface area contributed by atoms with Crippen LogP contribution >= 0.6 is 0 Å². The van der Waals surface area contributed by atoms with Gasteiger partial charge in [0.15, 0.2) is 15.2 Å². The Morgan fingerprint density at radius 3 is 2.41 bits per heavy atom. The number of benzene rings is 1. The van der Waals surface area contributed by atoms with E-state index in [-0.39, 0.29) is 40.7 Å². The van der Waals surface area contributed by atoms with E-state index in [4.69, 9.17) is 0 Å². The number of amides is 2. The summed E-state index contributed by atoms with van der Waals surface area (Å²) in [5.74, 6) is -4.83. The van der Waals surface area contributed by atoms with E-state index in [1.54, 1.807) is 18.2 Å². The Balaban J connectivity index is 0.00000300. The van der Waals surface area contributed by atoms with Crippen LogP contribution in [0.2, 0.25) is 0 Å². The number of hydrogen-bond acceptors (Lipinski definition) is 8. The van der Waals surface area contributed by atoms with Gasteiger partial charge in [-0.25, -0.2) is 8.42 Å². The summed E-state index contributed by atoms with van der Waals surface area (Å²) in [6.07, 6.45) is 0. The molecule has 1 N–H and O–H groups in total. The van der Waals surface area contributed by atoms with Crippen molar-refractivity contribution in [3.63, 3.8) is 0 Å². The molecule has 3 rings (SSSR count). The second-order valence-corrected chi connectivity index (χ2v) is 8.34. The minimum Gasteiger partial charge on any atom is -0.543 e. The summed E-state index contributed by atoms with van der Waals surface area (Å²) in [5, 5.41) is 12.3. The van der Waals surface area contributed by atoms with Crippen LogP contribution in [-0.4, -0.2) is 60.8 Å². The maximum Gasteiger partial charge on any atom is 1.00 e. The third-order valence-corrected chi connectivity index (χ3v) is 6.30. The summed E-state index contributed by atoms with van der Waals surface area (Å²) in [4.78, 5) is 47.8. The fourth-order valence-electron chi connectivity index (χ4n) is 3.13. The molecular formula is C17H15N2NaO8S. The monoisotopic (exact) mass is 430 g/mol. The standard InChI is InChI=1S/C17H16N2O8S.Na/c1-9(20)27-7-11-8-28(25,26)16-12(15(22)19(16)13(11)17(23)24)18-14(21)10-5-3-2-4-6-10;/h2-6,12,16H,7-8H2,1H3,(H,18,21)(H,23,24);/q;+1/p-1/t12-,16-;/m0./s1. The molecule has 2 atom stereocenters. The number of carboxylic acid groups (broad SMARTS) is 1. The quantitative estimate of drug-likeness (QED) is 0.277. The number of carbonyl (C=O) groups excluding carboxylic acids is 4. The smallest absolute Gasteiger partial charge is 0.543 e. The number of carbonyl (C=O) groups is 4. The van der Waals surface area contributed by atoms with E-state index in [1.807, 2.05) is 0 Å². The average Bonchev–Trinajstić information content (AvgIpc) is 2.63. The molecule has 2 amide bonds. The summed E-state index contributed by atoms with van der Waals surface area (Å²) in [6.45, 7) is 0.471. The van der Waals surface area contributed by atoms with Gasteiger partial charge in [0.2, 0.25) is 0 Å². The van der Waals surface area contributed by atoms with Crippen molar-refractivity contribution in [1.82, 2.24) is 10.2 Å². The van der Waals surface area contributed by atoms with E-state index in [9.17, 15) is 32.7 Å². The Labute approximate surface area is 188 Å². The number of β-lactam (4-membered cyclic amide) rings is 1. The summed E-state index contributed by atoms with van der Waals surface area (Å²) in [7, 11) is -4.05. The van der Waals surface area contributed by atoms with E-state index in [1.165, 1.54) is 12.1 Å². The van der Waals surface area contributed by atoms with Crippen molar-refractivity contribution in [2.45, 2.75) is 18.3 Å². The minimum absolute atomic E-state index is 0. The molecule has 1 fully saturated rings. The van der Waals surface area contributed by atoms with Gasteiger partial charge in [0, 0.05) is 18.1 Å². The predicted molar refractivity (Wildman–Crippen MR) is 90.8 cm³/mol. The van der Waals surface area contributed by atoms with Crippen LogP contribution in [0.1, 0.15) is 17.3 Å². The fourth-order valence-corrected chi connectivity index (χ4v) is 5.13. The van der Waals surface area contributed by atoms with E-state index >= 15 is 0 Å². The van der Waals surface area contributed by atoms with Crippen molar-refractivity contribution in [2.75, 3.05) is 12.4 Å². The van der Waals surface area contributed by atoms with Crippen LogP contribution in [0.5, 0.6) is 0 Å². The van der Waals surface area contributed by atoms with Gasteiger partial charge in [-0.1, -0.05) is 18.2 Å². The second-order valence-electron chi connectivity index (χ2n) is 6.24. The number of fused-ring (bicyclic) bond motifs is 1. The number of ether oxygens (including phenoxy) is 1. The van der Waals surface area contributed by atoms with Crippen molar-refractivity contribution in [2.24, 2.45) is 0 Å². The number of carboxylic acids is 1. The van der Waals surface area contributed by atoms with Gasteiger partial charge < -0.3 is 20.0 Å². The normalized spacial score (nSPS) is 22.0. The molecule has 2 heterocycles. The molecule has 2 aliphatic rings. The Bertz CT molecular complexity index is 1010. The number of rotatable bonds is 5. The number of aliphatic carboxylic acids is 1. The first-order chi connectivity index (χ1) is 13.1. The van der Waals surface area contributed by atoms with Crippen LogP contribution in [0.3, 0.4) is 0 Å². The fraction of sp³-hybridized carbons (Fsp3) is 0.294. The van der Waals surface area contributed by atoms with Crippen molar-refractivity contribution in [3.8, 4) is 0 Å². The van der Waals surface area contributed by atoms with Gasteiger partial charge in [0.05, 0.1) is 17.4 Å². The molecule has 2 aliphatic heterocycles. The molecule has 0 saturated carbocycles. The van der Waals surface area contributed by atoms with Gasteiger partial charge >= 0.3 is 35.5 Å². The summed E-state index contributed by atoms with van der Waals surface area (Å²) in [6, 6.07) is 6.41. The van der Waals surface area contributed by atoms with Crippen molar-refractivity contribution < 1.29 is 67.0 Å². The Morgan fingerprint density at radius 1 is 1.24 bits per heavy atom. The zero-order valence-corrected chi connectivity index (χ0v) is 18.4. The second kappa shape index (κ2) is 8.66. The molecule has 0 unspecified atom stereocenters. The third kappa shape index (κ3) is 4.37. The maximum absolute atomic E-state index is 12.6. The van der Waals surface area contributed by atoms with E-state index in [2.05, 4.69) is 10.1 Å². The van der Waals surface area contributed by atoms with Crippen LogP contribution in [0.4, 0.5) is 0 Å². The Morgan fingerprint density at radius 2 is 1.86 bits per heavy atom. The van der Waals surface area contributed by atoms with Crippen LogP contribution in [-0.2, 0) is 29.0 Å². The van der Waals surface area contributed by atoms with Crippen LogP contribution < -0.4 is 40.0 Å². The zero-order valence-electron chi connectivity index (χ0n) is 15.6. The first-order valence-electron chi connectivity index (χ1n) is 8.11. The third-order valence-electron chi connectivity index (χ3n) is 4.33. The SMILES string of the molecule is CC(=O)OCC1=C(C(=O)[O-])N2C(=O)[C@H](NC(=O)c3ccccc3)[C@@H]2S(=O)(=O)C1.[Na+]. The molecular weight excluding hydrogens is 415 g/mol. The largest absolute Gasteiger partial charge is 1.00 e. The number of sulfone groups is 1. The van der Waals surface area contributed by atoms with Crippen LogP contribution in [0, 0.1) is 0 Å². The zero-order chi connectivity index (χ0) is 20.6. The van der Waals surface area contributed by atoms with Crippen LogP contribution in [0.25, 0.3) is 0 Å². The van der Waals surface area contributed by atoms with Gasteiger partial charge in [0.1, 0.15) is 12.6 Å². The number of hydrogen-bond donors (Lipinski definition) is 1. The first kappa shape index (κ1) is 23.1. The molecule has 1 saturated heterocycles. The van der Waals surface area contributed by atoms with Crippen molar-refractivity contribution in [3.05, 3.63) is 47.2 Å². The molecule has 12 heteroatoms. The number of nitrogens with zero attached hydrogens (tertiary/aromatic N) is 1. The topological polar surface area (TPSA) is 150 Å². The summed E-state index contributed by atoms with van der Waals surface area (Å²) in [5.41, 5.74) is -0.711. The molecule has 0 aromatic heterocycles. The molecule has 29 heavy (non-hydrogen) atoms. The average molecular weight is 430 g/mol. The number of esters is 1. The van der Waals surface area contributed by atoms with Gasteiger partial charge in [-0.2, -0.15) is 0 Å². The number of nitrogens with one attached hydrogen (secondary N) is 1. The van der Waals surface area contributed by atoms with Gasteiger partial charge in [-0.15, -0.1) is 0 Å². The summed E-state index contributed by atoms with van der Waals surface area (Å²) >= 11 is 0. The molecule has 1 aromatic carbocycles. The molecule has 1 aromatic rings. The van der Waals surface area contributed by atoms with Gasteiger partial charge in [0.25, 0.3) is 11.8 Å². The molecule has 0 radical (unpaired) electrons. The van der Waals surface area contributed by atoms with Gasteiger partial charge in [-0.05, 0) is 12.1 Å². The minimum atomic E-state index is -4.05. The molecule has 148 valence electrons. The predicted octanol–water partition coefficient (Wildman–Crippen LogP) is -5.05. The Kier molecular flexibility index (Phi) is 6.89. The molecule has 10 nitrogen and oxygen atoms in total. The molecule has 0 spiro atoms. The first-order valence-corrected chi connectivity index (χ1v) is 9.82. The van der Waals surface area contributed by atoms with E-state index < -0.39 is 63.1 Å². The van der Waals surface area contributed by atoms with E-state index in [0.717, 1.165) is 6.92 Å². The van der Waals surface area contributed by atoms with E-state index in [0.29, 0.717) is 4.90 Å². The Hall–Kier alpha value is -2.21. The van der Waals surface area contributed by atoms with Crippen molar-refractivity contribution in [1.29, 1.82) is 0 Å². The maximum atomic E-state index is 12.6. The summed E-state index contributed by atoms with van der Waals surface area (Å²) < 4.78 is 29.9. The molecule has 0 bridgehead atoms. The van der Waals surface area contributed by atoms with Crippen molar-refractivity contribution >= 4 is 33.6 Å².